The molecule has 4 rings (SSSR count). The van der Waals surface area contributed by atoms with Crippen molar-refractivity contribution >= 4 is 27.7 Å². The minimum Gasteiger partial charge on any atom is -0.493 e. The Kier molecular flexibility index (Phi) is 5.65. The van der Waals surface area contributed by atoms with Crippen LogP contribution in [0.15, 0.2) is 47.1 Å². The van der Waals surface area contributed by atoms with Crippen LogP contribution in [0.4, 0.5) is 19.0 Å². The lowest BCUT2D eigenvalue weighted by molar-refractivity contribution is -0.138. The fourth-order valence-corrected chi connectivity index (χ4v) is 3.92. The Balaban J connectivity index is 1.59. The smallest absolute Gasteiger partial charge is 0.416 e. The highest BCUT2D eigenvalue weighted by atomic mass is 79.9. The molecule has 1 unspecified atom stereocenters. The summed E-state index contributed by atoms with van der Waals surface area (Å²) in [5.74, 6) is 0.842. The summed E-state index contributed by atoms with van der Waals surface area (Å²) < 4.78 is 51.4. The lowest BCUT2D eigenvalue weighted by atomic mass is 9.87. The Hall–Kier alpha value is -3.01. The van der Waals surface area contributed by atoms with E-state index in [4.69, 9.17) is 9.47 Å². The zero-order chi connectivity index (χ0) is 22.2. The van der Waals surface area contributed by atoms with Gasteiger partial charge in [0.25, 0.3) is 0 Å². The van der Waals surface area contributed by atoms with Gasteiger partial charge in [-0.15, -0.1) is 0 Å². The van der Waals surface area contributed by atoms with Gasteiger partial charge in [0, 0.05) is 27.9 Å². The van der Waals surface area contributed by atoms with Crippen molar-refractivity contribution in [2.45, 2.75) is 25.1 Å². The van der Waals surface area contributed by atoms with Crippen LogP contribution < -0.4 is 14.8 Å². The van der Waals surface area contributed by atoms with E-state index in [0.29, 0.717) is 21.8 Å². The molecule has 1 aromatic heterocycles. The van der Waals surface area contributed by atoms with Crippen molar-refractivity contribution in [1.82, 2.24) is 10.2 Å². The average molecular weight is 496 g/mol. The third-order valence-electron chi connectivity index (χ3n) is 5.05. The van der Waals surface area contributed by atoms with Crippen LogP contribution in [0.3, 0.4) is 0 Å². The fourth-order valence-electron chi connectivity index (χ4n) is 3.56. The van der Waals surface area contributed by atoms with Crippen molar-refractivity contribution in [2.75, 3.05) is 12.4 Å². The first kappa shape index (κ1) is 21.2. The second-order valence-corrected chi connectivity index (χ2v) is 7.92. The molecule has 2 aromatic carbocycles. The minimum absolute atomic E-state index is 0.00817. The third-order valence-corrected chi connectivity index (χ3v) is 5.54. The number of benzene rings is 2. The summed E-state index contributed by atoms with van der Waals surface area (Å²) in [5.41, 5.74) is 0.897. The van der Waals surface area contributed by atoms with Gasteiger partial charge in [-0.1, -0.05) is 28.1 Å². The van der Waals surface area contributed by atoms with E-state index in [2.05, 4.69) is 31.4 Å². The van der Waals surface area contributed by atoms with Crippen LogP contribution in [0.2, 0.25) is 0 Å². The molecular weight excluding hydrogens is 479 g/mol. The van der Waals surface area contributed by atoms with Crippen LogP contribution in [-0.2, 0) is 17.6 Å². The highest BCUT2D eigenvalue weighted by Gasteiger charge is 2.34. The molecule has 0 fully saturated rings. The molecule has 1 atom stereocenters. The number of H-pyrrole nitrogens is 1. The van der Waals surface area contributed by atoms with Crippen LogP contribution >= 0.6 is 15.9 Å². The van der Waals surface area contributed by atoms with E-state index >= 15 is 0 Å². The zero-order valence-electron chi connectivity index (χ0n) is 16.2. The molecule has 31 heavy (non-hydrogen) atoms. The first-order chi connectivity index (χ1) is 14.8. The van der Waals surface area contributed by atoms with Crippen LogP contribution in [0.1, 0.15) is 34.6 Å². The molecule has 2 N–H and O–H groups in total. The van der Waals surface area contributed by atoms with Gasteiger partial charge >= 0.3 is 6.18 Å². The van der Waals surface area contributed by atoms with E-state index in [9.17, 15) is 18.0 Å². The van der Waals surface area contributed by atoms with Crippen molar-refractivity contribution < 1.29 is 27.4 Å². The molecule has 1 aliphatic rings. The number of anilines is 1. The molecule has 1 amide bonds. The van der Waals surface area contributed by atoms with E-state index < -0.39 is 11.7 Å². The van der Waals surface area contributed by atoms with Gasteiger partial charge in [-0.3, -0.25) is 9.89 Å². The SMILES string of the molecule is COc1cc(C2CC(=O)Nc3[nH]ncc32)ccc1OCc1ccc(Br)cc1C(F)(F)F. The molecule has 162 valence electrons. The Labute approximate surface area is 183 Å². The van der Waals surface area contributed by atoms with Gasteiger partial charge in [0.2, 0.25) is 5.91 Å². The van der Waals surface area contributed by atoms with Crippen LogP contribution in [0.25, 0.3) is 0 Å². The van der Waals surface area contributed by atoms with Gasteiger partial charge in [0.1, 0.15) is 12.4 Å². The first-order valence-electron chi connectivity index (χ1n) is 9.25. The van der Waals surface area contributed by atoms with Crippen molar-refractivity contribution in [3.8, 4) is 11.5 Å². The molecule has 0 saturated heterocycles. The quantitative estimate of drug-likeness (QED) is 0.506. The predicted molar refractivity (Wildman–Crippen MR) is 110 cm³/mol. The number of carbonyl (C=O) groups is 1. The van der Waals surface area contributed by atoms with Gasteiger partial charge in [-0.25, -0.2) is 0 Å². The van der Waals surface area contributed by atoms with Gasteiger partial charge < -0.3 is 14.8 Å². The number of carbonyl (C=O) groups excluding carboxylic acids is 1. The van der Waals surface area contributed by atoms with Gasteiger partial charge in [0.15, 0.2) is 11.5 Å². The van der Waals surface area contributed by atoms with Crippen LogP contribution in [0.5, 0.6) is 11.5 Å². The minimum atomic E-state index is -4.50. The number of aromatic amines is 1. The number of rotatable bonds is 5. The standard InChI is InChI=1S/C21H17BrF3N3O3/c1-30-18-6-11(14-8-19(29)27-20-15(14)9-26-28-20)3-5-17(18)31-10-12-2-4-13(22)7-16(12)21(23,24)25/h2-7,9,14H,8,10H2,1H3,(H2,26,27,28,29). The van der Waals surface area contributed by atoms with Crippen molar-refractivity contribution in [3.63, 3.8) is 0 Å². The second kappa shape index (κ2) is 8.26. The summed E-state index contributed by atoms with van der Waals surface area (Å²) in [6.45, 7) is -0.282. The van der Waals surface area contributed by atoms with Crippen molar-refractivity contribution in [2.24, 2.45) is 0 Å². The van der Waals surface area contributed by atoms with Gasteiger partial charge in [0.05, 0.1) is 18.9 Å². The number of fused-ring (bicyclic) bond motifs is 1. The van der Waals surface area contributed by atoms with Gasteiger partial charge in [-0.05, 0) is 29.8 Å². The molecule has 10 heteroatoms. The van der Waals surface area contributed by atoms with Gasteiger partial charge in [-0.2, -0.15) is 18.3 Å². The average Bonchev–Trinajstić information content (AvgIpc) is 3.19. The summed E-state index contributed by atoms with van der Waals surface area (Å²) in [7, 11) is 1.45. The Morgan fingerprint density at radius 3 is 2.74 bits per heavy atom. The molecule has 1 aliphatic heterocycles. The number of alkyl halides is 3. The maximum Gasteiger partial charge on any atom is 0.416 e. The van der Waals surface area contributed by atoms with Crippen LogP contribution in [-0.4, -0.2) is 23.2 Å². The molecule has 0 aliphatic carbocycles. The molecule has 0 radical (unpaired) electrons. The first-order valence-corrected chi connectivity index (χ1v) is 10.0. The van der Waals surface area contributed by atoms with E-state index in [-0.39, 0.29) is 30.4 Å². The number of hydrogen-bond acceptors (Lipinski definition) is 4. The highest BCUT2D eigenvalue weighted by Crippen LogP contribution is 2.40. The summed E-state index contributed by atoms with van der Waals surface area (Å²) in [6.07, 6.45) is -2.60. The summed E-state index contributed by atoms with van der Waals surface area (Å²) in [5, 5.41) is 9.47. The number of methoxy groups -OCH3 is 1. The molecule has 2 heterocycles. The molecular formula is C21H17BrF3N3O3. The highest BCUT2D eigenvalue weighted by molar-refractivity contribution is 9.10. The second-order valence-electron chi connectivity index (χ2n) is 7.00. The Morgan fingerprint density at radius 1 is 1.19 bits per heavy atom. The molecule has 6 nitrogen and oxygen atoms in total. The number of aromatic nitrogens is 2. The summed E-state index contributed by atoms with van der Waals surface area (Å²) >= 11 is 3.07. The van der Waals surface area contributed by atoms with Crippen LogP contribution in [0, 0.1) is 0 Å². The normalized spacial score (nSPS) is 15.9. The topological polar surface area (TPSA) is 76.2 Å². The number of amides is 1. The van der Waals surface area contributed by atoms with E-state index in [0.717, 1.165) is 17.2 Å². The number of nitrogens with zero attached hydrogens (tertiary/aromatic N) is 1. The van der Waals surface area contributed by atoms with Crippen molar-refractivity contribution in [3.05, 3.63) is 69.3 Å². The summed E-state index contributed by atoms with van der Waals surface area (Å²) in [4.78, 5) is 12.0. The molecule has 0 saturated carbocycles. The monoisotopic (exact) mass is 495 g/mol. The fraction of sp³-hybridized carbons (Fsp3) is 0.238. The summed E-state index contributed by atoms with van der Waals surface area (Å²) in [6, 6.07) is 9.05. The Morgan fingerprint density at radius 2 is 2.00 bits per heavy atom. The maximum absolute atomic E-state index is 13.3. The predicted octanol–water partition coefficient (Wildman–Crippen LogP) is 5.25. The molecule has 3 aromatic rings. The molecule has 0 bridgehead atoms. The van der Waals surface area contributed by atoms with Crippen molar-refractivity contribution in [1.29, 1.82) is 0 Å². The lowest BCUT2D eigenvalue weighted by Gasteiger charge is -2.23. The number of ether oxygens (including phenoxy) is 2. The number of nitrogens with one attached hydrogen (secondary N) is 2. The van der Waals surface area contributed by atoms with E-state index in [1.54, 1.807) is 24.4 Å². The lowest BCUT2D eigenvalue weighted by Crippen LogP contribution is -2.23. The number of hydrogen-bond donors (Lipinski definition) is 2. The van der Waals surface area contributed by atoms with E-state index in [1.165, 1.54) is 19.2 Å². The zero-order valence-corrected chi connectivity index (χ0v) is 17.8. The molecule has 0 spiro atoms. The maximum atomic E-state index is 13.3. The Bertz CT molecular complexity index is 1130. The third kappa shape index (κ3) is 4.39. The largest absolute Gasteiger partial charge is 0.493 e. The van der Waals surface area contributed by atoms with E-state index in [1.807, 2.05) is 0 Å². The number of halogens is 4.